The first kappa shape index (κ1) is 22.3. The molecule has 1 N–H and O–H groups in total. The third-order valence-corrected chi connectivity index (χ3v) is 6.98. The van der Waals surface area contributed by atoms with E-state index in [9.17, 15) is 9.90 Å². The molecule has 0 radical (unpaired) electrons. The minimum atomic E-state index is -0.479. The fraction of sp³-hybridized carbons (Fsp3) is 0.720. The lowest BCUT2D eigenvalue weighted by Gasteiger charge is -2.39. The van der Waals surface area contributed by atoms with Crippen molar-refractivity contribution in [3.05, 3.63) is 35.5 Å². The number of carbonyl (C=O) groups is 1. The minimum Gasteiger partial charge on any atom is -0.462 e. The van der Waals surface area contributed by atoms with Crippen LogP contribution < -0.4 is 0 Å². The van der Waals surface area contributed by atoms with E-state index in [4.69, 9.17) is 9.47 Å². The molecule has 1 saturated heterocycles. The maximum absolute atomic E-state index is 10.8. The molecule has 0 aromatic carbocycles. The second kappa shape index (κ2) is 8.77. The summed E-state index contributed by atoms with van der Waals surface area (Å²) in [6.07, 6.45) is 13.7. The Bertz CT molecular complexity index is 702. The summed E-state index contributed by atoms with van der Waals surface area (Å²) in [5, 5.41) is 9.18. The van der Waals surface area contributed by atoms with Crippen LogP contribution in [0.3, 0.4) is 0 Å². The zero-order valence-electron chi connectivity index (χ0n) is 18.7. The highest BCUT2D eigenvalue weighted by molar-refractivity contribution is 5.70. The van der Waals surface area contributed by atoms with Gasteiger partial charge >= 0.3 is 5.97 Å². The Morgan fingerprint density at radius 3 is 2.69 bits per heavy atom. The first-order valence-corrected chi connectivity index (χ1v) is 11.3. The zero-order chi connectivity index (χ0) is 21.2. The molecule has 29 heavy (non-hydrogen) atoms. The molecular formula is C25H38O4. The molecule has 1 saturated carbocycles. The van der Waals surface area contributed by atoms with Crippen LogP contribution in [0.25, 0.3) is 0 Å². The van der Waals surface area contributed by atoms with Crippen molar-refractivity contribution in [2.45, 2.75) is 91.0 Å². The van der Waals surface area contributed by atoms with Crippen LogP contribution in [0, 0.1) is 17.3 Å². The van der Waals surface area contributed by atoms with Gasteiger partial charge in [-0.2, -0.15) is 0 Å². The molecule has 162 valence electrons. The number of allylic oxidation sites excluding steroid dienone is 3. The highest BCUT2D eigenvalue weighted by atomic mass is 16.5. The van der Waals surface area contributed by atoms with Gasteiger partial charge in [0.05, 0.1) is 19.1 Å². The zero-order valence-corrected chi connectivity index (χ0v) is 18.7. The van der Waals surface area contributed by atoms with Crippen LogP contribution in [-0.4, -0.2) is 35.5 Å². The monoisotopic (exact) mass is 402 g/mol. The van der Waals surface area contributed by atoms with Gasteiger partial charge in [-0.3, -0.25) is 4.79 Å². The van der Waals surface area contributed by atoms with Crippen LogP contribution in [0.1, 0.15) is 73.1 Å². The summed E-state index contributed by atoms with van der Waals surface area (Å²) in [6, 6.07) is 0. The van der Waals surface area contributed by atoms with Gasteiger partial charge in [0.15, 0.2) is 0 Å². The van der Waals surface area contributed by atoms with Crippen molar-refractivity contribution < 1.29 is 19.4 Å². The largest absolute Gasteiger partial charge is 0.462 e. The highest BCUT2D eigenvalue weighted by Gasteiger charge is 2.56. The molecule has 4 bridgehead atoms. The second-order valence-corrected chi connectivity index (χ2v) is 9.88. The van der Waals surface area contributed by atoms with E-state index in [0.717, 1.165) is 25.9 Å². The Labute approximate surface area is 176 Å². The molecule has 1 aliphatic heterocycles. The summed E-state index contributed by atoms with van der Waals surface area (Å²) in [7, 11) is 0. The number of aliphatic hydroxyl groups excluding tert-OH is 1. The summed E-state index contributed by atoms with van der Waals surface area (Å²) in [4.78, 5) is 10.8. The summed E-state index contributed by atoms with van der Waals surface area (Å²) < 4.78 is 11.5. The Hall–Kier alpha value is -1.39. The van der Waals surface area contributed by atoms with Crippen LogP contribution in [0.15, 0.2) is 35.5 Å². The van der Waals surface area contributed by atoms with Crippen LogP contribution in [0.2, 0.25) is 0 Å². The third-order valence-electron chi connectivity index (χ3n) is 6.98. The topological polar surface area (TPSA) is 55.8 Å². The molecule has 4 aliphatic rings. The second-order valence-electron chi connectivity index (χ2n) is 9.88. The Morgan fingerprint density at radius 1 is 1.31 bits per heavy atom. The lowest BCUT2D eigenvalue weighted by Crippen LogP contribution is -2.41. The fourth-order valence-corrected chi connectivity index (χ4v) is 4.95. The molecule has 0 spiro atoms. The fourth-order valence-electron chi connectivity index (χ4n) is 4.95. The number of hydrogen-bond donors (Lipinski definition) is 1. The maximum Gasteiger partial charge on any atom is 0.308 e. The third kappa shape index (κ3) is 4.54. The van der Waals surface area contributed by atoms with Gasteiger partial charge in [-0.05, 0) is 41.7 Å². The van der Waals surface area contributed by atoms with Crippen molar-refractivity contribution in [3.63, 3.8) is 0 Å². The Morgan fingerprint density at radius 2 is 2.07 bits per heavy atom. The molecule has 4 nitrogen and oxygen atoms in total. The number of aliphatic hydroxyl groups is 1. The lowest BCUT2D eigenvalue weighted by molar-refractivity contribution is -0.160. The van der Waals surface area contributed by atoms with Gasteiger partial charge < -0.3 is 14.6 Å². The molecule has 4 heteroatoms. The normalized spacial score (nSPS) is 34.9. The molecule has 1 heterocycles. The van der Waals surface area contributed by atoms with E-state index >= 15 is 0 Å². The quantitative estimate of drug-likeness (QED) is 0.626. The SMILES string of the molecule is CCC(C)(C)COC12C3=CC(CC1C)C2=CC=C3.CCCC1CC(O)CC(=O)O1. The molecule has 3 aliphatic carbocycles. The Balaban J connectivity index is 0.000000188. The summed E-state index contributed by atoms with van der Waals surface area (Å²) in [5.74, 6) is 0.989. The molecule has 0 aromatic rings. The van der Waals surface area contributed by atoms with Gasteiger partial charge in [-0.15, -0.1) is 0 Å². The number of carbonyl (C=O) groups excluding carboxylic acids is 1. The van der Waals surface area contributed by atoms with Gasteiger partial charge in [-0.1, -0.05) is 65.3 Å². The van der Waals surface area contributed by atoms with E-state index in [2.05, 4.69) is 52.0 Å². The van der Waals surface area contributed by atoms with Crippen LogP contribution in [-0.2, 0) is 14.3 Å². The van der Waals surface area contributed by atoms with E-state index in [0.29, 0.717) is 18.3 Å². The van der Waals surface area contributed by atoms with Crippen molar-refractivity contribution in [3.8, 4) is 0 Å². The molecule has 0 aromatic heterocycles. The number of hydrogen-bond acceptors (Lipinski definition) is 4. The molecule has 5 unspecified atom stereocenters. The van der Waals surface area contributed by atoms with Gasteiger partial charge in [0.25, 0.3) is 0 Å². The van der Waals surface area contributed by atoms with Crippen molar-refractivity contribution in [2.75, 3.05) is 6.61 Å². The summed E-state index contributed by atoms with van der Waals surface area (Å²) >= 11 is 0. The van der Waals surface area contributed by atoms with E-state index in [-0.39, 0.29) is 29.5 Å². The summed E-state index contributed by atoms with van der Waals surface area (Å²) in [5.41, 5.74) is 3.12. The first-order valence-electron chi connectivity index (χ1n) is 11.3. The van der Waals surface area contributed by atoms with E-state index in [1.807, 2.05) is 6.92 Å². The number of esters is 1. The number of cyclic esters (lactones) is 1. The van der Waals surface area contributed by atoms with Gasteiger partial charge in [-0.25, -0.2) is 0 Å². The number of ether oxygens (including phenoxy) is 2. The average molecular weight is 403 g/mol. The number of rotatable bonds is 6. The first-order chi connectivity index (χ1) is 13.7. The maximum atomic E-state index is 10.8. The van der Waals surface area contributed by atoms with Gasteiger partial charge in [0, 0.05) is 12.3 Å². The molecule has 0 amide bonds. The highest BCUT2D eigenvalue weighted by Crippen LogP contribution is 2.58. The Kier molecular flexibility index (Phi) is 6.74. The molecule has 2 fully saturated rings. The standard InChI is InChI=1S/C17H24O.C8H14O3/c1-5-16(3,4)11-18-17-12(2)9-13-10-14(17)7-6-8-15(13)17;1-2-3-7-4-6(9)5-8(10)11-7/h6-8,10,12-13H,5,9,11H2,1-4H3;6-7,9H,2-5H2,1H3. The van der Waals surface area contributed by atoms with E-state index in [1.54, 1.807) is 0 Å². The van der Waals surface area contributed by atoms with Crippen LogP contribution in [0.4, 0.5) is 0 Å². The van der Waals surface area contributed by atoms with Crippen molar-refractivity contribution >= 4 is 5.97 Å². The van der Waals surface area contributed by atoms with Gasteiger partial charge in [0.2, 0.25) is 0 Å². The van der Waals surface area contributed by atoms with E-state index in [1.165, 1.54) is 17.6 Å². The van der Waals surface area contributed by atoms with Crippen LogP contribution >= 0.6 is 0 Å². The average Bonchev–Trinajstić information content (AvgIpc) is 2.99. The van der Waals surface area contributed by atoms with Crippen molar-refractivity contribution in [1.29, 1.82) is 0 Å². The predicted octanol–water partition coefficient (Wildman–Crippen LogP) is 5.12. The summed E-state index contributed by atoms with van der Waals surface area (Å²) in [6.45, 7) is 12.1. The van der Waals surface area contributed by atoms with Crippen molar-refractivity contribution in [2.24, 2.45) is 17.3 Å². The van der Waals surface area contributed by atoms with Crippen molar-refractivity contribution in [1.82, 2.24) is 0 Å². The van der Waals surface area contributed by atoms with Crippen LogP contribution in [0.5, 0.6) is 0 Å². The molecular weight excluding hydrogens is 364 g/mol. The minimum absolute atomic E-state index is 0.0451. The molecule has 4 rings (SSSR count). The van der Waals surface area contributed by atoms with E-state index < -0.39 is 6.10 Å². The predicted molar refractivity (Wildman–Crippen MR) is 115 cm³/mol. The smallest absolute Gasteiger partial charge is 0.308 e. The molecule has 5 atom stereocenters. The lowest BCUT2D eigenvalue weighted by atomic mass is 9.80. The van der Waals surface area contributed by atoms with Gasteiger partial charge in [0.1, 0.15) is 11.7 Å².